The monoisotopic (exact) mass is 304 g/mol. The molecule has 0 aromatic heterocycles. The molecule has 0 aromatic carbocycles. The van der Waals surface area contributed by atoms with Crippen LogP contribution in [0.5, 0.6) is 0 Å². The van der Waals surface area contributed by atoms with E-state index in [4.69, 9.17) is 4.74 Å². The molecule has 124 valence electrons. The molecule has 3 rings (SSSR count). The third kappa shape index (κ3) is 2.92. The Morgan fingerprint density at radius 1 is 1.36 bits per heavy atom. The Morgan fingerprint density at radius 3 is 2.68 bits per heavy atom. The fourth-order valence-corrected chi connectivity index (χ4v) is 4.90. The largest absolute Gasteiger partial charge is 0.386 e. The minimum absolute atomic E-state index is 0.0269. The van der Waals surface area contributed by atoms with Gasteiger partial charge in [-0.1, -0.05) is 30.7 Å². The van der Waals surface area contributed by atoms with Crippen LogP contribution in [-0.4, -0.2) is 22.9 Å². The van der Waals surface area contributed by atoms with E-state index in [1.54, 1.807) is 0 Å². The summed E-state index contributed by atoms with van der Waals surface area (Å²) >= 11 is 0. The molecule has 0 radical (unpaired) electrons. The van der Waals surface area contributed by atoms with Gasteiger partial charge in [0.15, 0.2) is 0 Å². The van der Waals surface area contributed by atoms with Crippen molar-refractivity contribution in [1.29, 1.82) is 0 Å². The van der Waals surface area contributed by atoms with E-state index in [2.05, 4.69) is 26.5 Å². The summed E-state index contributed by atoms with van der Waals surface area (Å²) in [6.45, 7) is 13.1. The minimum atomic E-state index is -0.460. The summed E-state index contributed by atoms with van der Waals surface area (Å²) in [5.41, 5.74) is 3.14. The molecule has 0 spiro atoms. The molecule has 1 saturated heterocycles. The second-order valence-electron chi connectivity index (χ2n) is 8.73. The van der Waals surface area contributed by atoms with E-state index >= 15 is 0 Å². The first-order valence-electron chi connectivity index (χ1n) is 8.95. The first-order chi connectivity index (χ1) is 10.2. The van der Waals surface area contributed by atoms with Crippen molar-refractivity contribution in [2.75, 3.05) is 0 Å². The molecular weight excluding hydrogens is 272 g/mol. The Balaban J connectivity index is 1.67. The molecule has 3 aliphatic rings. The number of epoxide rings is 1. The molecule has 0 amide bonds. The lowest BCUT2D eigenvalue weighted by molar-refractivity contribution is 0.0824. The number of aliphatic hydroxyl groups is 1. The zero-order valence-corrected chi connectivity index (χ0v) is 14.7. The van der Waals surface area contributed by atoms with Gasteiger partial charge in [0, 0.05) is 0 Å². The average molecular weight is 304 g/mol. The maximum atomic E-state index is 10.3. The number of rotatable bonds is 3. The normalized spacial score (nSPS) is 42.7. The highest BCUT2D eigenvalue weighted by atomic mass is 16.6. The van der Waals surface area contributed by atoms with Gasteiger partial charge in [-0.25, -0.2) is 0 Å². The van der Waals surface area contributed by atoms with Crippen molar-refractivity contribution in [3.63, 3.8) is 0 Å². The van der Waals surface area contributed by atoms with Crippen molar-refractivity contribution >= 4 is 0 Å². The fourth-order valence-electron chi connectivity index (χ4n) is 4.90. The Morgan fingerprint density at radius 2 is 2.05 bits per heavy atom. The molecule has 1 aliphatic heterocycles. The van der Waals surface area contributed by atoms with Crippen LogP contribution in [-0.2, 0) is 4.74 Å². The summed E-state index contributed by atoms with van der Waals surface area (Å²) in [7, 11) is 0. The average Bonchev–Trinajstić information content (AvgIpc) is 3.07. The van der Waals surface area contributed by atoms with Crippen molar-refractivity contribution in [2.45, 2.75) is 84.0 Å². The molecule has 2 nitrogen and oxygen atoms in total. The van der Waals surface area contributed by atoms with Crippen molar-refractivity contribution in [2.24, 2.45) is 17.3 Å². The molecule has 0 aromatic rings. The van der Waals surface area contributed by atoms with Gasteiger partial charge in [0.1, 0.15) is 12.2 Å². The zero-order chi connectivity index (χ0) is 16.1. The number of allylic oxidation sites excluding steroid dienone is 2. The highest BCUT2D eigenvalue weighted by Gasteiger charge is 2.51. The summed E-state index contributed by atoms with van der Waals surface area (Å²) in [6, 6.07) is 0. The molecule has 5 unspecified atom stereocenters. The fraction of sp³-hybridized carbons (Fsp3) is 0.800. The van der Waals surface area contributed by atoms with Crippen LogP contribution in [0.3, 0.4) is 0 Å². The van der Waals surface area contributed by atoms with Crippen LogP contribution >= 0.6 is 0 Å². The van der Waals surface area contributed by atoms with Crippen molar-refractivity contribution in [3.05, 3.63) is 23.8 Å². The molecule has 5 atom stereocenters. The van der Waals surface area contributed by atoms with E-state index in [9.17, 15) is 5.11 Å². The maximum Gasteiger partial charge on any atom is 0.116 e. The molecule has 0 bridgehead atoms. The lowest BCUT2D eigenvalue weighted by Crippen LogP contribution is -2.38. The van der Waals surface area contributed by atoms with Gasteiger partial charge in [0.05, 0.1) is 5.60 Å². The van der Waals surface area contributed by atoms with Crippen LogP contribution in [0.4, 0.5) is 0 Å². The third-order valence-corrected chi connectivity index (χ3v) is 6.61. The van der Waals surface area contributed by atoms with Crippen molar-refractivity contribution < 1.29 is 9.84 Å². The minimum Gasteiger partial charge on any atom is -0.386 e. The van der Waals surface area contributed by atoms with E-state index < -0.39 is 6.10 Å². The SMILES string of the molecule is C=C1CCCC2(C)CCC(C(C)=CC(O)C3OC3(C)C)CC12. The molecule has 1 heterocycles. The van der Waals surface area contributed by atoms with Crippen LogP contribution in [0.1, 0.15) is 66.2 Å². The summed E-state index contributed by atoms with van der Waals surface area (Å²) in [5, 5.41) is 10.3. The van der Waals surface area contributed by atoms with Gasteiger partial charge in [-0.3, -0.25) is 0 Å². The van der Waals surface area contributed by atoms with Gasteiger partial charge in [-0.15, -0.1) is 0 Å². The topological polar surface area (TPSA) is 32.8 Å². The van der Waals surface area contributed by atoms with Crippen LogP contribution < -0.4 is 0 Å². The van der Waals surface area contributed by atoms with Crippen LogP contribution in [0.15, 0.2) is 23.8 Å². The number of fused-ring (bicyclic) bond motifs is 1. The molecule has 2 heteroatoms. The Kier molecular flexibility index (Phi) is 4.06. The predicted molar refractivity (Wildman–Crippen MR) is 90.6 cm³/mol. The summed E-state index contributed by atoms with van der Waals surface area (Å²) in [4.78, 5) is 0. The van der Waals surface area contributed by atoms with Gasteiger partial charge in [-0.2, -0.15) is 0 Å². The van der Waals surface area contributed by atoms with Crippen LogP contribution in [0, 0.1) is 17.3 Å². The molecule has 2 aliphatic carbocycles. The predicted octanol–water partition coefficient (Wildman–Crippen LogP) is 4.63. The lowest BCUT2D eigenvalue weighted by Gasteiger charge is -2.49. The van der Waals surface area contributed by atoms with E-state index in [0.717, 1.165) is 0 Å². The lowest BCUT2D eigenvalue weighted by atomic mass is 9.56. The van der Waals surface area contributed by atoms with Crippen LogP contribution in [0.2, 0.25) is 0 Å². The Bertz CT molecular complexity index is 490. The van der Waals surface area contributed by atoms with Gasteiger partial charge >= 0.3 is 0 Å². The molecular formula is C20H32O2. The van der Waals surface area contributed by atoms with Gasteiger partial charge < -0.3 is 9.84 Å². The van der Waals surface area contributed by atoms with Gasteiger partial charge in [0.25, 0.3) is 0 Å². The van der Waals surface area contributed by atoms with Gasteiger partial charge in [0.2, 0.25) is 0 Å². The van der Waals surface area contributed by atoms with E-state index in [1.807, 2.05) is 13.8 Å². The van der Waals surface area contributed by atoms with Crippen LogP contribution in [0.25, 0.3) is 0 Å². The second-order valence-corrected chi connectivity index (χ2v) is 8.73. The number of hydrogen-bond donors (Lipinski definition) is 1. The van der Waals surface area contributed by atoms with E-state index in [-0.39, 0.29) is 11.7 Å². The van der Waals surface area contributed by atoms with Crippen molar-refractivity contribution in [3.8, 4) is 0 Å². The first kappa shape index (κ1) is 16.3. The smallest absolute Gasteiger partial charge is 0.116 e. The zero-order valence-electron chi connectivity index (χ0n) is 14.7. The molecule has 22 heavy (non-hydrogen) atoms. The van der Waals surface area contributed by atoms with Gasteiger partial charge in [-0.05, 0) is 76.5 Å². The summed E-state index contributed by atoms with van der Waals surface area (Å²) in [5.74, 6) is 1.28. The summed E-state index contributed by atoms with van der Waals surface area (Å²) in [6.07, 6.45) is 9.23. The second kappa shape index (κ2) is 5.49. The Hall–Kier alpha value is -0.600. The number of aliphatic hydroxyl groups excluding tert-OH is 1. The maximum absolute atomic E-state index is 10.3. The molecule has 3 fully saturated rings. The third-order valence-electron chi connectivity index (χ3n) is 6.61. The van der Waals surface area contributed by atoms with E-state index in [0.29, 0.717) is 17.3 Å². The number of hydrogen-bond acceptors (Lipinski definition) is 2. The summed E-state index contributed by atoms with van der Waals surface area (Å²) < 4.78 is 5.56. The highest BCUT2D eigenvalue weighted by molar-refractivity contribution is 5.18. The molecule has 1 N–H and O–H groups in total. The number of ether oxygens (including phenoxy) is 1. The van der Waals surface area contributed by atoms with Crippen molar-refractivity contribution in [1.82, 2.24) is 0 Å². The highest BCUT2D eigenvalue weighted by Crippen LogP contribution is 2.54. The Labute approximate surface area is 135 Å². The van der Waals surface area contributed by atoms with E-state index in [1.165, 1.54) is 49.7 Å². The standard InChI is InChI=1S/C20H32O2/c1-13-7-6-9-20(5)10-8-15(12-16(13)20)14(2)11-17(21)18-19(3,4)22-18/h11,15-18,21H,1,6-10,12H2,2-5H3. The quantitative estimate of drug-likeness (QED) is 0.609. The first-order valence-corrected chi connectivity index (χ1v) is 8.95. The molecule has 2 saturated carbocycles.